The number of fused-ring (bicyclic) bond motifs is 1. The van der Waals surface area contributed by atoms with E-state index in [1.165, 1.54) is 37.3 Å². The van der Waals surface area contributed by atoms with Crippen LogP contribution in [0, 0.1) is 0 Å². The minimum Gasteiger partial charge on any atom is -0.383 e. The van der Waals surface area contributed by atoms with Gasteiger partial charge in [0, 0.05) is 56.2 Å². The first-order chi connectivity index (χ1) is 17.5. The van der Waals surface area contributed by atoms with Crippen LogP contribution in [-0.4, -0.2) is 74.8 Å². The fraction of sp³-hybridized carbons (Fsp3) is 0.423. The van der Waals surface area contributed by atoms with E-state index in [0.29, 0.717) is 35.8 Å². The van der Waals surface area contributed by atoms with E-state index < -0.39 is 0 Å². The van der Waals surface area contributed by atoms with E-state index in [9.17, 15) is 0 Å². The number of nitrogen functional groups attached to an aromatic ring is 1. The maximum atomic E-state index is 6.17. The maximum absolute atomic E-state index is 6.17. The number of aromatic amines is 2. The van der Waals surface area contributed by atoms with Crippen molar-refractivity contribution in [3.63, 3.8) is 0 Å². The normalized spacial score (nSPS) is 17.2. The molecule has 4 heterocycles. The molecule has 1 fully saturated rings. The van der Waals surface area contributed by atoms with Crippen LogP contribution in [-0.2, 0) is 13.0 Å². The zero-order valence-corrected chi connectivity index (χ0v) is 21.2. The number of piperidine rings is 1. The first-order valence-electron chi connectivity index (χ1n) is 12.7. The van der Waals surface area contributed by atoms with Crippen molar-refractivity contribution in [1.82, 2.24) is 29.7 Å². The van der Waals surface area contributed by atoms with Gasteiger partial charge in [0.05, 0.1) is 24.9 Å². The van der Waals surface area contributed by atoms with Gasteiger partial charge in [0.15, 0.2) is 5.84 Å². The Morgan fingerprint density at radius 2 is 1.92 bits per heavy atom. The van der Waals surface area contributed by atoms with Crippen LogP contribution in [0.4, 0.5) is 17.2 Å². The second kappa shape index (κ2) is 10.4. The molecule has 3 aromatic rings. The summed E-state index contributed by atoms with van der Waals surface area (Å²) in [5.74, 6) is 1.68. The Labute approximate surface area is 212 Å². The third-order valence-electron chi connectivity index (χ3n) is 7.32. The molecule has 10 heteroatoms. The Hall–Kier alpha value is -3.79. The number of imidazole rings is 2. The molecule has 0 aliphatic carbocycles. The Bertz CT molecular complexity index is 1200. The van der Waals surface area contributed by atoms with Crippen LogP contribution in [0.3, 0.4) is 0 Å². The highest BCUT2D eigenvalue weighted by Gasteiger charge is 2.25. The van der Waals surface area contributed by atoms with E-state index >= 15 is 0 Å². The molecule has 0 atom stereocenters. The average Bonchev–Trinajstić information content (AvgIpc) is 3.55. The molecule has 0 spiro atoms. The first-order valence-corrected chi connectivity index (χ1v) is 12.7. The molecule has 10 nitrogen and oxygen atoms in total. The number of aliphatic imine (C=N–C) groups is 1. The molecule has 0 saturated carbocycles. The largest absolute Gasteiger partial charge is 0.383 e. The summed E-state index contributed by atoms with van der Waals surface area (Å²) in [4.78, 5) is 26.9. The van der Waals surface area contributed by atoms with E-state index in [-0.39, 0.29) is 0 Å². The Balaban J connectivity index is 1.28. The quantitative estimate of drug-likeness (QED) is 0.298. The van der Waals surface area contributed by atoms with Crippen LogP contribution in [0.2, 0.25) is 0 Å². The molecule has 5 rings (SSSR count). The Morgan fingerprint density at radius 1 is 1.17 bits per heavy atom. The van der Waals surface area contributed by atoms with Crippen LogP contribution >= 0.6 is 0 Å². The molecule has 0 radical (unpaired) electrons. The van der Waals surface area contributed by atoms with E-state index in [4.69, 9.17) is 10.7 Å². The van der Waals surface area contributed by atoms with Crippen molar-refractivity contribution in [3.05, 3.63) is 66.4 Å². The predicted octanol–water partition coefficient (Wildman–Crippen LogP) is 3.02. The molecule has 5 N–H and O–H groups in total. The highest BCUT2D eigenvalue weighted by Crippen LogP contribution is 2.25. The van der Waals surface area contributed by atoms with E-state index in [0.717, 1.165) is 30.9 Å². The van der Waals surface area contributed by atoms with Gasteiger partial charge in [-0.05, 0) is 43.7 Å². The summed E-state index contributed by atoms with van der Waals surface area (Å²) >= 11 is 0. The zero-order chi connectivity index (χ0) is 25.1. The van der Waals surface area contributed by atoms with Gasteiger partial charge in [0.25, 0.3) is 0 Å². The number of H-pyrrole nitrogens is 2. The molecule has 1 aromatic carbocycles. The summed E-state index contributed by atoms with van der Waals surface area (Å²) in [5.41, 5.74) is 11.1. The van der Waals surface area contributed by atoms with Crippen molar-refractivity contribution >= 4 is 23.0 Å². The number of nitrogens with two attached hydrogens (primary N) is 1. The molecule has 0 bridgehead atoms. The summed E-state index contributed by atoms with van der Waals surface area (Å²) < 4.78 is 0. The van der Waals surface area contributed by atoms with Gasteiger partial charge in [-0.2, -0.15) is 0 Å². The lowest BCUT2D eigenvalue weighted by Crippen LogP contribution is -2.43. The topological polar surface area (TPSA) is 117 Å². The number of hydrogen-bond donors (Lipinski definition) is 4. The van der Waals surface area contributed by atoms with Gasteiger partial charge >= 0.3 is 0 Å². The molecule has 2 aliphatic heterocycles. The van der Waals surface area contributed by atoms with Crippen LogP contribution in [0.1, 0.15) is 36.8 Å². The standard InChI is InChI=1S/C26H36N10/c1-4-35-12-9-21(10-13-35)34(3)20-7-5-19(6-8-20)32-18(2)33-26(24-25(27)31-17-30-24)36-14-11-22-23(15-36)29-16-28-22/h5-8,16-17,21,32H,2,4,9-15,27H2,1,3H3,(H,28,29)(H,30,31)/b33-26+. The van der Waals surface area contributed by atoms with Gasteiger partial charge in [0.2, 0.25) is 0 Å². The minimum atomic E-state index is 0.478. The smallest absolute Gasteiger partial charge is 0.161 e. The van der Waals surface area contributed by atoms with Gasteiger partial charge in [0.1, 0.15) is 17.3 Å². The summed E-state index contributed by atoms with van der Waals surface area (Å²) in [7, 11) is 2.20. The van der Waals surface area contributed by atoms with Gasteiger partial charge in [-0.1, -0.05) is 13.5 Å². The molecule has 1 saturated heterocycles. The number of likely N-dealkylation sites (tertiary alicyclic amines) is 1. The fourth-order valence-corrected chi connectivity index (χ4v) is 5.08. The lowest BCUT2D eigenvalue weighted by molar-refractivity contribution is 0.221. The van der Waals surface area contributed by atoms with Gasteiger partial charge in [-0.3, -0.25) is 0 Å². The van der Waals surface area contributed by atoms with E-state index in [2.05, 4.69) is 84.8 Å². The third-order valence-corrected chi connectivity index (χ3v) is 7.32. The number of nitrogens with one attached hydrogen (secondary N) is 3. The minimum absolute atomic E-state index is 0.478. The molecule has 0 unspecified atom stereocenters. The zero-order valence-electron chi connectivity index (χ0n) is 21.2. The number of anilines is 3. The van der Waals surface area contributed by atoms with Crippen LogP contribution in [0.15, 0.2) is 54.3 Å². The van der Waals surface area contributed by atoms with Crippen molar-refractivity contribution in [2.24, 2.45) is 4.99 Å². The van der Waals surface area contributed by atoms with Crippen molar-refractivity contribution in [2.45, 2.75) is 38.8 Å². The van der Waals surface area contributed by atoms with Crippen molar-refractivity contribution in [2.75, 3.05) is 49.2 Å². The summed E-state index contributed by atoms with van der Waals surface area (Å²) in [6, 6.07) is 9.04. The number of benzene rings is 1. The SMILES string of the molecule is C=C(/N=C(\c1nc[nH]c1N)N1CCc2[nH]cnc2C1)Nc1ccc(N(C)C2CCN(CC)CC2)cc1. The summed E-state index contributed by atoms with van der Waals surface area (Å²) in [6.45, 7) is 11.3. The molecule has 2 aliphatic rings. The number of aromatic nitrogens is 4. The molecular formula is C26H36N10. The Morgan fingerprint density at radius 3 is 2.61 bits per heavy atom. The molecular weight excluding hydrogens is 452 g/mol. The highest BCUT2D eigenvalue weighted by molar-refractivity contribution is 6.01. The number of amidine groups is 1. The van der Waals surface area contributed by atoms with Crippen molar-refractivity contribution in [3.8, 4) is 0 Å². The highest BCUT2D eigenvalue weighted by atomic mass is 15.2. The van der Waals surface area contributed by atoms with Crippen LogP contribution in [0.25, 0.3) is 0 Å². The molecule has 2 aromatic heterocycles. The summed E-state index contributed by atoms with van der Waals surface area (Å²) in [5, 5.41) is 3.33. The summed E-state index contributed by atoms with van der Waals surface area (Å²) in [6.07, 6.45) is 6.58. The number of rotatable bonds is 7. The third kappa shape index (κ3) is 5.08. The number of hydrogen-bond acceptors (Lipinski definition) is 7. The van der Waals surface area contributed by atoms with Crippen LogP contribution < -0.4 is 16.0 Å². The van der Waals surface area contributed by atoms with Gasteiger partial charge < -0.3 is 35.7 Å². The Kier molecular flexibility index (Phi) is 6.95. The first kappa shape index (κ1) is 23.9. The van der Waals surface area contributed by atoms with Gasteiger partial charge in [-0.25, -0.2) is 15.0 Å². The number of nitrogens with zero attached hydrogens (tertiary/aromatic N) is 6. The van der Waals surface area contributed by atoms with Crippen LogP contribution in [0.5, 0.6) is 0 Å². The second-order valence-corrected chi connectivity index (χ2v) is 9.49. The lowest BCUT2D eigenvalue weighted by atomic mass is 10.0. The van der Waals surface area contributed by atoms with Crippen molar-refractivity contribution in [1.29, 1.82) is 0 Å². The maximum Gasteiger partial charge on any atom is 0.161 e. The van der Waals surface area contributed by atoms with E-state index in [1.54, 1.807) is 12.7 Å². The van der Waals surface area contributed by atoms with E-state index in [1.807, 2.05) is 0 Å². The monoisotopic (exact) mass is 488 g/mol. The fourth-order valence-electron chi connectivity index (χ4n) is 5.08. The molecule has 36 heavy (non-hydrogen) atoms. The second-order valence-electron chi connectivity index (χ2n) is 9.49. The molecule has 0 amide bonds. The van der Waals surface area contributed by atoms with Crippen molar-refractivity contribution < 1.29 is 0 Å². The average molecular weight is 489 g/mol. The lowest BCUT2D eigenvalue weighted by Gasteiger charge is -2.37. The predicted molar refractivity (Wildman–Crippen MR) is 145 cm³/mol. The van der Waals surface area contributed by atoms with Gasteiger partial charge in [-0.15, -0.1) is 0 Å². The molecule has 190 valence electrons.